The van der Waals surface area contributed by atoms with Crippen LogP contribution >= 0.6 is 0 Å². The summed E-state index contributed by atoms with van der Waals surface area (Å²) in [6.45, 7) is -1.56. The van der Waals surface area contributed by atoms with E-state index in [4.69, 9.17) is 20.4 Å². The lowest BCUT2D eigenvalue weighted by atomic mass is 10.1. The molecule has 130 valence electrons. The Bertz CT molecular complexity index is 573. The maximum absolute atomic E-state index is 11.8. The van der Waals surface area contributed by atoms with E-state index in [2.05, 4.69) is 10.6 Å². The summed E-state index contributed by atoms with van der Waals surface area (Å²) in [5, 5.41) is 39.3. The fourth-order valence-corrected chi connectivity index (χ4v) is 1.63. The lowest BCUT2D eigenvalue weighted by Crippen LogP contribution is -2.43. The number of carboxylic acids is 2. The molecule has 1 rings (SSSR count). The zero-order valence-corrected chi connectivity index (χ0v) is 12.3. The summed E-state index contributed by atoms with van der Waals surface area (Å²) >= 11 is 0. The van der Waals surface area contributed by atoms with Crippen molar-refractivity contribution in [2.24, 2.45) is 0 Å². The Balaban J connectivity index is 2.78. The first-order chi connectivity index (χ1) is 11.3. The van der Waals surface area contributed by atoms with Gasteiger partial charge in [-0.25, -0.2) is 9.59 Å². The molecule has 24 heavy (non-hydrogen) atoms. The molecule has 0 saturated heterocycles. The molecule has 1 aromatic rings. The topological polar surface area (TPSA) is 173 Å². The number of benzene rings is 1. The third kappa shape index (κ3) is 5.04. The van der Waals surface area contributed by atoms with Gasteiger partial charge in [0, 0.05) is 11.1 Å². The average Bonchev–Trinajstić information content (AvgIpc) is 2.56. The molecule has 0 heterocycles. The van der Waals surface area contributed by atoms with Crippen molar-refractivity contribution in [1.29, 1.82) is 0 Å². The van der Waals surface area contributed by atoms with Gasteiger partial charge in [0.05, 0.1) is 13.2 Å². The molecule has 10 heteroatoms. The Kier molecular flexibility index (Phi) is 6.83. The summed E-state index contributed by atoms with van der Waals surface area (Å²) in [5.41, 5.74) is 0.0892. The molecule has 0 bridgehead atoms. The van der Waals surface area contributed by atoms with E-state index >= 15 is 0 Å². The van der Waals surface area contributed by atoms with Crippen LogP contribution < -0.4 is 10.6 Å². The van der Waals surface area contributed by atoms with E-state index in [1.54, 1.807) is 0 Å². The van der Waals surface area contributed by atoms with Crippen LogP contribution in [-0.2, 0) is 9.59 Å². The van der Waals surface area contributed by atoms with Crippen molar-refractivity contribution >= 4 is 23.8 Å². The third-order valence-corrected chi connectivity index (χ3v) is 2.98. The first-order valence-electron chi connectivity index (χ1n) is 6.69. The van der Waals surface area contributed by atoms with Gasteiger partial charge in [-0.15, -0.1) is 0 Å². The van der Waals surface area contributed by atoms with Gasteiger partial charge in [0.2, 0.25) is 0 Å². The molecule has 2 amide bonds. The van der Waals surface area contributed by atoms with E-state index in [-0.39, 0.29) is 11.1 Å². The van der Waals surface area contributed by atoms with Crippen LogP contribution in [0.5, 0.6) is 0 Å². The summed E-state index contributed by atoms with van der Waals surface area (Å²) in [5.74, 6) is -4.32. The predicted molar refractivity (Wildman–Crippen MR) is 78.4 cm³/mol. The van der Waals surface area contributed by atoms with E-state index < -0.39 is 49.1 Å². The number of rotatable bonds is 8. The van der Waals surface area contributed by atoms with Crippen molar-refractivity contribution in [3.05, 3.63) is 35.4 Å². The fourth-order valence-electron chi connectivity index (χ4n) is 1.63. The number of aliphatic hydroxyl groups excluding tert-OH is 2. The standard InChI is InChI=1S/C14H16N2O8/c17-5-9(13(21)22)15-11(19)7-1-2-8(4-3-7)12(20)16-10(6-18)14(23)24/h1-4,9-10,17-18H,5-6H2,(H,15,19)(H,16,20)(H,21,22)(H,23,24)/t9-,10-/m0/s1. The first kappa shape index (κ1) is 19.1. The van der Waals surface area contributed by atoms with Gasteiger partial charge in [0.1, 0.15) is 0 Å². The zero-order chi connectivity index (χ0) is 18.3. The van der Waals surface area contributed by atoms with Crippen LogP contribution in [-0.4, -0.2) is 69.5 Å². The van der Waals surface area contributed by atoms with Crippen LogP contribution in [0.25, 0.3) is 0 Å². The van der Waals surface area contributed by atoms with Gasteiger partial charge in [0.25, 0.3) is 11.8 Å². The van der Waals surface area contributed by atoms with Crippen molar-refractivity contribution in [1.82, 2.24) is 10.6 Å². The minimum atomic E-state index is -1.46. The highest BCUT2D eigenvalue weighted by Crippen LogP contribution is 2.05. The molecule has 0 saturated carbocycles. The van der Waals surface area contributed by atoms with Gasteiger partial charge in [-0.05, 0) is 24.3 Å². The molecule has 1 aromatic carbocycles. The van der Waals surface area contributed by atoms with Gasteiger partial charge < -0.3 is 31.1 Å². The number of carbonyl (C=O) groups excluding carboxylic acids is 2. The molecule has 0 radical (unpaired) electrons. The van der Waals surface area contributed by atoms with Gasteiger partial charge in [-0.1, -0.05) is 0 Å². The molecule has 0 aliphatic rings. The lowest BCUT2D eigenvalue weighted by Gasteiger charge is -2.13. The number of hydrogen-bond donors (Lipinski definition) is 6. The van der Waals surface area contributed by atoms with Crippen LogP contribution in [0.4, 0.5) is 0 Å². The number of nitrogens with one attached hydrogen (secondary N) is 2. The quantitative estimate of drug-likeness (QED) is 0.316. The molecular weight excluding hydrogens is 324 g/mol. The Labute approximate surface area is 135 Å². The van der Waals surface area contributed by atoms with Gasteiger partial charge in [0.15, 0.2) is 12.1 Å². The second kappa shape index (κ2) is 8.60. The summed E-state index contributed by atoms with van der Waals surface area (Å²) in [4.78, 5) is 45.1. The maximum Gasteiger partial charge on any atom is 0.328 e. The van der Waals surface area contributed by atoms with Crippen molar-refractivity contribution in [2.45, 2.75) is 12.1 Å². The number of aliphatic carboxylic acids is 2. The molecule has 0 spiro atoms. The summed E-state index contributed by atoms with van der Waals surface area (Å²) in [6, 6.07) is 2.01. The van der Waals surface area contributed by atoms with E-state index in [9.17, 15) is 19.2 Å². The fraction of sp³-hybridized carbons (Fsp3) is 0.286. The number of aliphatic hydroxyl groups is 2. The number of carbonyl (C=O) groups is 4. The molecule has 10 nitrogen and oxygen atoms in total. The maximum atomic E-state index is 11.8. The number of hydrogen-bond acceptors (Lipinski definition) is 6. The van der Waals surface area contributed by atoms with Crippen LogP contribution in [0.3, 0.4) is 0 Å². The largest absolute Gasteiger partial charge is 0.480 e. The van der Waals surface area contributed by atoms with Crippen molar-refractivity contribution in [3.8, 4) is 0 Å². The molecular formula is C14H16N2O8. The molecule has 2 atom stereocenters. The predicted octanol–water partition coefficient (Wildman–Crippen LogP) is -1.96. The monoisotopic (exact) mass is 340 g/mol. The third-order valence-electron chi connectivity index (χ3n) is 2.98. The minimum absolute atomic E-state index is 0.0446. The van der Waals surface area contributed by atoms with Crippen molar-refractivity contribution in [2.75, 3.05) is 13.2 Å². The minimum Gasteiger partial charge on any atom is -0.480 e. The number of amides is 2. The van der Waals surface area contributed by atoms with E-state index in [0.717, 1.165) is 0 Å². The van der Waals surface area contributed by atoms with Crippen LogP contribution in [0.15, 0.2) is 24.3 Å². The SMILES string of the molecule is O=C(N[C@@H](CO)C(=O)O)c1ccc(C(=O)N[C@@H](CO)C(=O)O)cc1. The Morgan fingerprint density at radius 1 is 0.750 bits per heavy atom. The molecule has 0 unspecified atom stereocenters. The molecule has 6 N–H and O–H groups in total. The van der Waals surface area contributed by atoms with Crippen LogP contribution in [0, 0.1) is 0 Å². The van der Waals surface area contributed by atoms with Gasteiger partial charge in [-0.3, -0.25) is 9.59 Å². The van der Waals surface area contributed by atoms with E-state index in [0.29, 0.717) is 0 Å². The molecule has 0 aromatic heterocycles. The van der Waals surface area contributed by atoms with Crippen LogP contribution in [0.1, 0.15) is 20.7 Å². The summed E-state index contributed by atoms with van der Waals surface area (Å²) in [6.07, 6.45) is 0. The average molecular weight is 340 g/mol. The van der Waals surface area contributed by atoms with Crippen molar-refractivity contribution in [3.63, 3.8) is 0 Å². The van der Waals surface area contributed by atoms with Gasteiger partial charge >= 0.3 is 11.9 Å². The second-order valence-corrected chi connectivity index (χ2v) is 4.67. The Morgan fingerprint density at radius 3 is 1.25 bits per heavy atom. The van der Waals surface area contributed by atoms with E-state index in [1.807, 2.05) is 0 Å². The van der Waals surface area contributed by atoms with Crippen molar-refractivity contribution < 1.29 is 39.6 Å². The van der Waals surface area contributed by atoms with Crippen LogP contribution in [0.2, 0.25) is 0 Å². The Morgan fingerprint density at radius 2 is 1.04 bits per heavy atom. The highest BCUT2D eigenvalue weighted by molar-refractivity contribution is 5.99. The number of carboxylic acid groups (broad SMARTS) is 2. The Hall–Kier alpha value is -2.98. The summed E-state index contributed by atoms with van der Waals surface area (Å²) < 4.78 is 0. The lowest BCUT2D eigenvalue weighted by molar-refractivity contribution is -0.141. The highest BCUT2D eigenvalue weighted by Gasteiger charge is 2.21. The molecule has 0 aliphatic carbocycles. The van der Waals surface area contributed by atoms with Gasteiger partial charge in [-0.2, -0.15) is 0 Å². The smallest absolute Gasteiger partial charge is 0.328 e. The molecule has 0 aliphatic heterocycles. The summed E-state index contributed by atoms with van der Waals surface area (Å²) in [7, 11) is 0. The second-order valence-electron chi connectivity index (χ2n) is 4.67. The highest BCUT2D eigenvalue weighted by atomic mass is 16.4. The molecule has 0 fully saturated rings. The van der Waals surface area contributed by atoms with E-state index in [1.165, 1.54) is 24.3 Å². The first-order valence-corrected chi connectivity index (χ1v) is 6.69. The normalized spacial score (nSPS) is 12.8. The zero-order valence-electron chi connectivity index (χ0n) is 12.3.